The molecular formula is C25H27F3N8O. The Morgan fingerprint density at radius 2 is 1.65 bits per heavy atom. The van der Waals surface area contributed by atoms with Crippen LogP contribution in [0.3, 0.4) is 0 Å². The Kier molecular flexibility index (Phi) is 7.31. The number of nitrogens with zero attached hydrogens (tertiary/aromatic N) is 8. The highest BCUT2D eigenvalue weighted by atomic mass is 19.1. The summed E-state index contributed by atoms with van der Waals surface area (Å²) in [6, 6.07) is 9.77. The van der Waals surface area contributed by atoms with Gasteiger partial charge < -0.3 is 5.11 Å². The number of hydrogen-bond donors (Lipinski definition) is 1. The minimum Gasteiger partial charge on any atom is -0.382 e. The van der Waals surface area contributed by atoms with E-state index < -0.39 is 17.2 Å². The number of piperazine rings is 1. The molecule has 37 heavy (non-hydrogen) atoms. The van der Waals surface area contributed by atoms with Crippen molar-refractivity contribution in [2.45, 2.75) is 25.2 Å². The first kappa shape index (κ1) is 25.1. The van der Waals surface area contributed by atoms with Crippen LogP contribution in [0.4, 0.5) is 13.2 Å². The van der Waals surface area contributed by atoms with Gasteiger partial charge in [0.2, 0.25) is 0 Å². The summed E-state index contributed by atoms with van der Waals surface area (Å²) in [6.45, 7) is 3.66. The molecule has 9 nitrogen and oxygen atoms in total. The lowest BCUT2D eigenvalue weighted by Crippen LogP contribution is -2.52. The number of halogens is 3. The number of aliphatic hydroxyl groups is 1. The SMILES string of the molecule is OC(CN1CCN(Cc2cn(Cc3ccccc3F)nn2)CC1)(Cn1cncn1)c1ccc(F)cc1F. The second-order valence-corrected chi connectivity index (χ2v) is 9.30. The fraction of sp³-hybridized carbons (Fsp3) is 0.360. The molecule has 0 aliphatic carbocycles. The van der Waals surface area contributed by atoms with Crippen molar-refractivity contribution in [2.75, 3.05) is 32.7 Å². The van der Waals surface area contributed by atoms with Crippen LogP contribution in [0.15, 0.2) is 61.3 Å². The summed E-state index contributed by atoms with van der Waals surface area (Å²) in [5.41, 5.74) is -0.300. The molecule has 3 heterocycles. The molecule has 12 heteroatoms. The average Bonchev–Trinajstić information content (AvgIpc) is 3.54. The maximum absolute atomic E-state index is 14.7. The first-order chi connectivity index (χ1) is 17.9. The maximum atomic E-state index is 14.7. The van der Waals surface area contributed by atoms with E-state index in [2.05, 4.69) is 25.3 Å². The van der Waals surface area contributed by atoms with Crippen molar-refractivity contribution < 1.29 is 18.3 Å². The van der Waals surface area contributed by atoms with Crippen molar-refractivity contribution in [3.8, 4) is 0 Å². The lowest BCUT2D eigenvalue weighted by atomic mass is 9.92. The maximum Gasteiger partial charge on any atom is 0.137 e. The summed E-state index contributed by atoms with van der Waals surface area (Å²) >= 11 is 0. The number of hydrogen-bond acceptors (Lipinski definition) is 7. The first-order valence-corrected chi connectivity index (χ1v) is 12.0. The van der Waals surface area contributed by atoms with E-state index in [-0.39, 0.29) is 24.5 Å². The topological polar surface area (TPSA) is 88.1 Å². The van der Waals surface area contributed by atoms with Crippen molar-refractivity contribution in [1.82, 2.24) is 39.6 Å². The molecule has 1 saturated heterocycles. The van der Waals surface area contributed by atoms with Crippen LogP contribution in [0.5, 0.6) is 0 Å². The molecule has 1 N–H and O–H groups in total. The summed E-state index contributed by atoms with van der Waals surface area (Å²) in [5, 5.41) is 24.0. The minimum absolute atomic E-state index is 0.0123. The van der Waals surface area contributed by atoms with Gasteiger partial charge in [-0.25, -0.2) is 27.5 Å². The molecular weight excluding hydrogens is 485 g/mol. The zero-order valence-corrected chi connectivity index (χ0v) is 20.1. The van der Waals surface area contributed by atoms with Crippen molar-refractivity contribution in [2.24, 2.45) is 0 Å². The van der Waals surface area contributed by atoms with E-state index in [9.17, 15) is 18.3 Å². The molecule has 1 aliphatic heterocycles. The van der Waals surface area contributed by atoms with Gasteiger partial charge in [0.05, 0.1) is 25.0 Å². The smallest absolute Gasteiger partial charge is 0.137 e. The zero-order valence-electron chi connectivity index (χ0n) is 20.1. The molecule has 5 rings (SSSR count). The van der Waals surface area contributed by atoms with Gasteiger partial charge in [-0.1, -0.05) is 29.5 Å². The van der Waals surface area contributed by atoms with E-state index in [4.69, 9.17) is 0 Å². The third-order valence-corrected chi connectivity index (χ3v) is 6.53. The van der Waals surface area contributed by atoms with Crippen LogP contribution in [-0.2, 0) is 25.2 Å². The number of β-amino-alcohol motifs (C(OH)–C–C–N with tert-alkyl or cyclic N) is 1. The highest BCUT2D eigenvalue weighted by Crippen LogP contribution is 2.28. The van der Waals surface area contributed by atoms with E-state index >= 15 is 0 Å². The summed E-state index contributed by atoms with van der Waals surface area (Å²) in [4.78, 5) is 8.16. The van der Waals surface area contributed by atoms with E-state index in [1.807, 2.05) is 11.1 Å². The molecule has 2 aromatic heterocycles. The second kappa shape index (κ2) is 10.8. The molecule has 1 unspecified atom stereocenters. The van der Waals surface area contributed by atoms with Crippen molar-refractivity contribution >= 4 is 0 Å². The van der Waals surface area contributed by atoms with Crippen LogP contribution in [0.1, 0.15) is 16.8 Å². The summed E-state index contributed by atoms with van der Waals surface area (Å²) < 4.78 is 45.2. The van der Waals surface area contributed by atoms with E-state index in [1.165, 1.54) is 29.5 Å². The summed E-state index contributed by atoms with van der Waals surface area (Å²) in [5.74, 6) is -1.79. The van der Waals surface area contributed by atoms with E-state index in [1.54, 1.807) is 22.9 Å². The van der Waals surface area contributed by atoms with Crippen molar-refractivity contribution in [3.63, 3.8) is 0 Å². The van der Waals surface area contributed by atoms with Crippen LogP contribution >= 0.6 is 0 Å². The predicted molar refractivity (Wildman–Crippen MR) is 128 cm³/mol. The van der Waals surface area contributed by atoms with Gasteiger partial charge in [-0.05, 0) is 12.1 Å². The van der Waals surface area contributed by atoms with Gasteiger partial charge in [0.15, 0.2) is 0 Å². The molecule has 0 amide bonds. The fourth-order valence-electron chi connectivity index (χ4n) is 4.66. The zero-order chi connectivity index (χ0) is 25.8. The highest BCUT2D eigenvalue weighted by Gasteiger charge is 2.36. The predicted octanol–water partition coefficient (Wildman–Crippen LogP) is 2.04. The Morgan fingerprint density at radius 3 is 2.38 bits per heavy atom. The minimum atomic E-state index is -1.64. The van der Waals surface area contributed by atoms with Gasteiger partial charge >= 0.3 is 0 Å². The Hall–Kier alpha value is -3.61. The van der Waals surface area contributed by atoms with Gasteiger partial charge in [0.1, 0.15) is 35.7 Å². The standard InChI is InChI=1S/C25H27F3N8O/c26-20-5-6-22(24(28)11-20)25(37,16-36-18-29-17-30-36)15-34-9-7-33(8-10-34)13-21-14-35(32-31-21)12-19-3-1-2-4-23(19)27/h1-6,11,14,17-18,37H,7-10,12-13,15-16H2. The van der Waals surface area contributed by atoms with Gasteiger partial charge in [0, 0.05) is 56.5 Å². The molecule has 0 radical (unpaired) electrons. The number of rotatable bonds is 9. The number of benzene rings is 2. The third kappa shape index (κ3) is 6.04. The Morgan fingerprint density at radius 1 is 0.865 bits per heavy atom. The largest absolute Gasteiger partial charge is 0.382 e. The van der Waals surface area contributed by atoms with Gasteiger partial charge in [-0.15, -0.1) is 5.10 Å². The van der Waals surface area contributed by atoms with E-state index in [0.717, 1.165) is 17.8 Å². The molecule has 1 atom stereocenters. The van der Waals surface area contributed by atoms with Gasteiger partial charge in [-0.3, -0.25) is 9.80 Å². The summed E-state index contributed by atoms with van der Waals surface area (Å²) in [6.07, 6.45) is 4.60. The van der Waals surface area contributed by atoms with Gasteiger partial charge in [0.25, 0.3) is 0 Å². The molecule has 0 bridgehead atoms. The first-order valence-electron chi connectivity index (χ1n) is 12.0. The monoisotopic (exact) mass is 512 g/mol. The van der Waals surface area contributed by atoms with Crippen molar-refractivity contribution in [1.29, 1.82) is 0 Å². The van der Waals surface area contributed by atoms with Crippen molar-refractivity contribution in [3.05, 3.63) is 95.6 Å². The molecule has 4 aromatic rings. The Bertz CT molecular complexity index is 1320. The fourth-order valence-corrected chi connectivity index (χ4v) is 4.66. The second-order valence-electron chi connectivity index (χ2n) is 9.30. The Balaban J connectivity index is 1.20. The van der Waals surface area contributed by atoms with Crippen LogP contribution in [-0.4, -0.2) is 77.4 Å². The lowest BCUT2D eigenvalue weighted by molar-refractivity contribution is -0.0324. The molecule has 194 valence electrons. The van der Waals surface area contributed by atoms with Crippen LogP contribution < -0.4 is 0 Å². The average molecular weight is 513 g/mol. The molecule has 0 spiro atoms. The lowest BCUT2D eigenvalue weighted by Gasteiger charge is -2.39. The molecule has 0 saturated carbocycles. The molecule has 1 aliphatic rings. The molecule has 1 fully saturated rings. The van der Waals surface area contributed by atoms with E-state index in [0.29, 0.717) is 44.8 Å². The van der Waals surface area contributed by atoms with Crippen LogP contribution in [0.2, 0.25) is 0 Å². The number of aromatic nitrogens is 6. The summed E-state index contributed by atoms with van der Waals surface area (Å²) in [7, 11) is 0. The normalized spacial score (nSPS) is 16.6. The highest BCUT2D eigenvalue weighted by molar-refractivity contribution is 5.26. The van der Waals surface area contributed by atoms with Crippen LogP contribution in [0.25, 0.3) is 0 Å². The Labute approximate surface area is 211 Å². The van der Waals surface area contributed by atoms with Crippen LogP contribution in [0, 0.1) is 17.5 Å². The molecule has 2 aromatic carbocycles. The van der Waals surface area contributed by atoms with Gasteiger partial charge in [-0.2, -0.15) is 5.10 Å². The quantitative estimate of drug-likeness (QED) is 0.367. The third-order valence-electron chi connectivity index (χ3n) is 6.53.